The smallest absolute Gasteiger partial charge is 0.274 e. The predicted molar refractivity (Wildman–Crippen MR) is 85.9 cm³/mol. The molecular weight excluding hydrogens is 308 g/mol. The lowest BCUT2D eigenvalue weighted by Crippen LogP contribution is -2.39. The Morgan fingerprint density at radius 2 is 2.14 bits per heavy atom. The summed E-state index contributed by atoms with van der Waals surface area (Å²) in [4.78, 5) is 23.9. The maximum Gasteiger partial charge on any atom is 0.274 e. The highest BCUT2D eigenvalue weighted by atomic mass is 35.5. The number of hydrogen-bond donors (Lipinski definition) is 2. The second-order valence-corrected chi connectivity index (χ2v) is 5.52. The van der Waals surface area contributed by atoms with Gasteiger partial charge in [-0.3, -0.25) is 19.8 Å². The average molecular weight is 329 g/mol. The number of likely N-dealkylation sites (N-methyl/N-ethyl adjacent to an activating group) is 1. The zero-order chi connectivity index (χ0) is 15.6. The van der Waals surface area contributed by atoms with Crippen molar-refractivity contribution in [2.75, 3.05) is 13.6 Å². The number of rotatable bonds is 7. The topological polar surface area (TPSA) is 115 Å². The van der Waals surface area contributed by atoms with Crippen LogP contribution in [-0.2, 0) is 6.54 Å². The van der Waals surface area contributed by atoms with Crippen LogP contribution in [0.5, 0.6) is 0 Å². The van der Waals surface area contributed by atoms with Gasteiger partial charge in [-0.2, -0.15) is 0 Å². The van der Waals surface area contributed by atoms with Gasteiger partial charge in [0.05, 0.1) is 4.92 Å². The molecule has 0 bridgehead atoms. The van der Waals surface area contributed by atoms with Gasteiger partial charge in [0.2, 0.25) is 5.91 Å². The zero-order valence-electron chi connectivity index (χ0n) is 12.4. The van der Waals surface area contributed by atoms with Gasteiger partial charge < -0.3 is 11.5 Å². The molecule has 1 aliphatic carbocycles. The zero-order valence-corrected chi connectivity index (χ0v) is 13.2. The first-order valence-electron chi connectivity index (χ1n) is 6.91. The Hall–Kier alpha value is -1.70. The Labute approximate surface area is 135 Å². The fourth-order valence-electron chi connectivity index (χ4n) is 2.62. The van der Waals surface area contributed by atoms with E-state index in [0.717, 1.165) is 12.8 Å². The normalized spacial score (nSPS) is 15.2. The van der Waals surface area contributed by atoms with Crippen molar-refractivity contribution < 1.29 is 9.72 Å². The number of nitro groups is 1. The molecule has 22 heavy (non-hydrogen) atoms. The molecule has 1 atom stereocenters. The highest BCUT2D eigenvalue weighted by molar-refractivity contribution is 5.93. The Bertz CT molecular complexity index is 563. The number of primary amides is 1. The van der Waals surface area contributed by atoms with Gasteiger partial charge in [-0.15, -0.1) is 12.4 Å². The van der Waals surface area contributed by atoms with Crippen LogP contribution in [0.25, 0.3) is 0 Å². The SMILES string of the molecule is CN(Cc1ccc(C(N)=O)cc1[N+](=O)[O-])C(CN)C1CC1.Cl. The second kappa shape index (κ2) is 7.53. The molecule has 0 aliphatic heterocycles. The van der Waals surface area contributed by atoms with Crippen molar-refractivity contribution in [1.29, 1.82) is 0 Å². The summed E-state index contributed by atoms with van der Waals surface area (Å²) in [5.74, 6) is -0.0835. The molecule has 1 unspecified atom stereocenters. The minimum atomic E-state index is -0.671. The molecule has 1 aromatic rings. The summed E-state index contributed by atoms with van der Waals surface area (Å²) in [6.45, 7) is 0.960. The molecule has 122 valence electrons. The van der Waals surface area contributed by atoms with Gasteiger partial charge in [0.15, 0.2) is 0 Å². The largest absolute Gasteiger partial charge is 0.366 e. The van der Waals surface area contributed by atoms with Crippen LogP contribution >= 0.6 is 12.4 Å². The van der Waals surface area contributed by atoms with E-state index >= 15 is 0 Å². The summed E-state index contributed by atoms with van der Waals surface area (Å²) in [6, 6.07) is 4.59. The molecular formula is C14H21ClN4O3. The minimum absolute atomic E-state index is 0. The predicted octanol–water partition coefficient (Wildman–Crippen LogP) is 1.28. The van der Waals surface area contributed by atoms with Crippen molar-refractivity contribution >= 4 is 24.0 Å². The fourth-order valence-corrected chi connectivity index (χ4v) is 2.62. The van der Waals surface area contributed by atoms with Gasteiger partial charge in [0, 0.05) is 36.3 Å². The van der Waals surface area contributed by atoms with E-state index in [9.17, 15) is 14.9 Å². The number of carbonyl (C=O) groups excluding carboxylic acids is 1. The van der Waals surface area contributed by atoms with Crippen LogP contribution in [-0.4, -0.2) is 35.4 Å². The number of carbonyl (C=O) groups is 1. The van der Waals surface area contributed by atoms with E-state index in [1.165, 1.54) is 12.1 Å². The van der Waals surface area contributed by atoms with Gasteiger partial charge in [-0.1, -0.05) is 6.07 Å². The molecule has 0 radical (unpaired) electrons. The third kappa shape index (κ3) is 4.16. The number of nitro benzene ring substituents is 1. The number of benzene rings is 1. The summed E-state index contributed by atoms with van der Waals surface area (Å²) in [5.41, 5.74) is 11.6. The van der Waals surface area contributed by atoms with E-state index < -0.39 is 10.8 Å². The Balaban J connectivity index is 0.00000242. The lowest BCUT2D eigenvalue weighted by Gasteiger charge is -2.26. The second-order valence-electron chi connectivity index (χ2n) is 5.52. The first kappa shape index (κ1) is 18.3. The van der Waals surface area contributed by atoms with Crippen molar-refractivity contribution in [1.82, 2.24) is 4.90 Å². The Kier molecular flexibility index (Phi) is 6.28. The average Bonchev–Trinajstić information content (AvgIpc) is 3.24. The molecule has 0 saturated heterocycles. The van der Waals surface area contributed by atoms with E-state index in [0.29, 0.717) is 24.6 Å². The quantitative estimate of drug-likeness (QED) is 0.578. The number of amides is 1. The van der Waals surface area contributed by atoms with Crippen molar-refractivity contribution in [2.45, 2.75) is 25.4 Å². The van der Waals surface area contributed by atoms with Gasteiger partial charge in [-0.25, -0.2) is 0 Å². The first-order chi connectivity index (χ1) is 9.93. The molecule has 0 aromatic heterocycles. The molecule has 7 nitrogen and oxygen atoms in total. The molecule has 4 N–H and O–H groups in total. The van der Waals surface area contributed by atoms with Crippen LogP contribution in [0.2, 0.25) is 0 Å². The van der Waals surface area contributed by atoms with Crippen LogP contribution in [0.4, 0.5) is 5.69 Å². The number of hydrogen-bond acceptors (Lipinski definition) is 5. The van der Waals surface area contributed by atoms with Crippen molar-refractivity contribution in [3.05, 3.63) is 39.4 Å². The third-order valence-electron chi connectivity index (χ3n) is 3.96. The van der Waals surface area contributed by atoms with Crippen molar-refractivity contribution in [2.24, 2.45) is 17.4 Å². The van der Waals surface area contributed by atoms with E-state index in [1.807, 2.05) is 11.9 Å². The summed E-state index contributed by atoms with van der Waals surface area (Å²) in [6.07, 6.45) is 2.32. The fraction of sp³-hybridized carbons (Fsp3) is 0.500. The summed E-state index contributed by atoms with van der Waals surface area (Å²) in [5, 5.41) is 11.2. The van der Waals surface area contributed by atoms with E-state index in [2.05, 4.69) is 0 Å². The number of nitrogens with two attached hydrogens (primary N) is 2. The van der Waals surface area contributed by atoms with Crippen LogP contribution < -0.4 is 11.5 Å². The van der Waals surface area contributed by atoms with Gasteiger partial charge in [-0.05, 0) is 31.9 Å². The molecule has 0 heterocycles. The van der Waals surface area contributed by atoms with E-state index in [4.69, 9.17) is 11.5 Å². The molecule has 1 amide bonds. The monoisotopic (exact) mass is 328 g/mol. The van der Waals surface area contributed by atoms with Crippen LogP contribution in [0.3, 0.4) is 0 Å². The van der Waals surface area contributed by atoms with Gasteiger partial charge in [0.1, 0.15) is 0 Å². The minimum Gasteiger partial charge on any atom is -0.366 e. The highest BCUT2D eigenvalue weighted by Gasteiger charge is 2.33. The van der Waals surface area contributed by atoms with Crippen LogP contribution in [0.1, 0.15) is 28.8 Å². The maximum atomic E-state index is 11.2. The van der Waals surface area contributed by atoms with Crippen molar-refractivity contribution in [3.8, 4) is 0 Å². The van der Waals surface area contributed by atoms with E-state index in [-0.39, 0.29) is 29.7 Å². The van der Waals surface area contributed by atoms with Crippen LogP contribution in [0.15, 0.2) is 18.2 Å². The maximum absolute atomic E-state index is 11.2. The molecule has 1 fully saturated rings. The molecule has 2 rings (SSSR count). The molecule has 0 spiro atoms. The van der Waals surface area contributed by atoms with Gasteiger partial charge in [0.25, 0.3) is 5.69 Å². The summed E-state index contributed by atoms with van der Waals surface area (Å²) >= 11 is 0. The Morgan fingerprint density at radius 1 is 1.50 bits per heavy atom. The molecule has 8 heteroatoms. The summed E-state index contributed by atoms with van der Waals surface area (Å²) in [7, 11) is 1.92. The first-order valence-corrected chi connectivity index (χ1v) is 6.91. The van der Waals surface area contributed by atoms with Crippen molar-refractivity contribution in [3.63, 3.8) is 0 Å². The molecule has 1 aliphatic rings. The standard InChI is InChI=1S/C14H20N4O3.ClH/c1-17(13(7-15)9-2-3-9)8-11-5-4-10(14(16)19)6-12(11)18(20)21;/h4-6,9,13H,2-3,7-8,15H2,1H3,(H2,16,19);1H. The lowest BCUT2D eigenvalue weighted by molar-refractivity contribution is -0.385. The molecule has 1 aromatic carbocycles. The van der Waals surface area contributed by atoms with Crippen LogP contribution in [0, 0.1) is 16.0 Å². The summed E-state index contributed by atoms with van der Waals surface area (Å²) < 4.78 is 0. The van der Waals surface area contributed by atoms with E-state index in [1.54, 1.807) is 6.07 Å². The number of nitrogens with zero attached hydrogens (tertiary/aromatic N) is 2. The number of halogens is 1. The molecule has 1 saturated carbocycles. The lowest BCUT2D eigenvalue weighted by atomic mass is 10.1. The van der Waals surface area contributed by atoms with Gasteiger partial charge >= 0.3 is 0 Å². The Morgan fingerprint density at radius 3 is 2.59 bits per heavy atom. The third-order valence-corrected chi connectivity index (χ3v) is 3.96. The highest BCUT2D eigenvalue weighted by Crippen LogP contribution is 2.35.